The van der Waals surface area contributed by atoms with Crippen LogP contribution in [0, 0.1) is 5.92 Å². The molecular formula is C25H23Cl2N3O4. The van der Waals surface area contributed by atoms with Gasteiger partial charge in [0.05, 0.1) is 18.7 Å². The van der Waals surface area contributed by atoms with Crippen LogP contribution in [0.2, 0.25) is 10.0 Å². The second kappa shape index (κ2) is 10.7. The van der Waals surface area contributed by atoms with Gasteiger partial charge in [-0.1, -0.05) is 29.3 Å². The molecule has 34 heavy (non-hydrogen) atoms. The van der Waals surface area contributed by atoms with Crippen LogP contribution in [-0.2, 0) is 16.2 Å². The number of rotatable bonds is 8. The van der Waals surface area contributed by atoms with Crippen LogP contribution in [0.3, 0.4) is 0 Å². The molecule has 1 atom stereocenters. The van der Waals surface area contributed by atoms with Crippen LogP contribution in [0.25, 0.3) is 0 Å². The molecule has 1 fully saturated rings. The summed E-state index contributed by atoms with van der Waals surface area (Å²) in [6.45, 7) is 0.624. The third-order valence-corrected chi connectivity index (χ3v) is 6.06. The van der Waals surface area contributed by atoms with Crippen molar-refractivity contribution in [2.45, 2.75) is 13.0 Å². The third-order valence-electron chi connectivity index (χ3n) is 5.47. The van der Waals surface area contributed by atoms with Crippen LogP contribution in [0.4, 0.5) is 11.4 Å². The molecule has 2 N–H and O–H groups in total. The summed E-state index contributed by atoms with van der Waals surface area (Å²) in [5.41, 5.74) is 7.82. The number of amides is 2. The second-order valence-corrected chi connectivity index (χ2v) is 8.61. The Morgan fingerprint density at radius 1 is 1.03 bits per heavy atom. The molecule has 0 unspecified atom stereocenters. The number of carbonyl (C=O) groups excluding carboxylic acids is 2. The minimum atomic E-state index is -0.450. The van der Waals surface area contributed by atoms with Gasteiger partial charge in [-0.25, -0.2) is 0 Å². The molecule has 0 spiro atoms. The first-order valence-electron chi connectivity index (χ1n) is 10.6. The Hall–Kier alpha value is -3.42. The molecule has 0 radical (unpaired) electrons. The van der Waals surface area contributed by atoms with Gasteiger partial charge >= 0.3 is 0 Å². The molecule has 0 saturated carbocycles. The van der Waals surface area contributed by atoms with E-state index in [0.717, 1.165) is 11.3 Å². The highest BCUT2D eigenvalue weighted by molar-refractivity contribution is 6.35. The lowest BCUT2D eigenvalue weighted by atomic mass is 10.1. The molecule has 0 bridgehead atoms. The van der Waals surface area contributed by atoms with E-state index in [1.807, 2.05) is 6.07 Å². The van der Waals surface area contributed by atoms with Crippen LogP contribution in [0.15, 0.2) is 66.7 Å². The fraction of sp³-hybridized carbons (Fsp3) is 0.200. The molecule has 1 aliphatic rings. The van der Waals surface area contributed by atoms with Crippen molar-refractivity contribution in [2.24, 2.45) is 5.92 Å². The Balaban J connectivity index is 1.27. The molecule has 0 aliphatic carbocycles. The minimum Gasteiger partial charge on any atom is -0.497 e. The van der Waals surface area contributed by atoms with Crippen molar-refractivity contribution in [3.63, 3.8) is 0 Å². The summed E-state index contributed by atoms with van der Waals surface area (Å²) in [5, 5.41) is 1.12. The fourth-order valence-corrected chi connectivity index (χ4v) is 4.03. The van der Waals surface area contributed by atoms with Gasteiger partial charge in [-0.2, -0.15) is 0 Å². The Bertz CT molecular complexity index is 1170. The summed E-state index contributed by atoms with van der Waals surface area (Å²) in [6, 6.07) is 19.6. The maximum absolute atomic E-state index is 12.6. The highest BCUT2D eigenvalue weighted by Gasteiger charge is 2.35. The van der Waals surface area contributed by atoms with Crippen molar-refractivity contribution in [3.05, 3.63) is 82.3 Å². The van der Waals surface area contributed by atoms with Gasteiger partial charge in [0.1, 0.15) is 18.1 Å². The molecule has 4 rings (SSSR count). The number of hydrogen-bond donors (Lipinski definition) is 2. The van der Waals surface area contributed by atoms with Crippen molar-refractivity contribution < 1.29 is 19.1 Å². The van der Waals surface area contributed by atoms with Crippen molar-refractivity contribution in [1.82, 2.24) is 5.43 Å². The molecular weight excluding hydrogens is 477 g/mol. The molecule has 1 heterocycles. The number of hydrazine groups is 1. The first-order chi connectivity index (χ1) is 16.4. The lowest BCUT2D eigenvalue weighted by Gasteiger charge is -2.17. The zero-order chi connectivity index (χ0) is 24.1. The number of benzene rings is 3. The average molecular weight is 500 g/mol. The summed E-state index contributed by atoms with van der Waals surface area (Å²) in [4.78, 5) is 26.6. The lowest BCUT2D eigenvalue weighted by Crippen LogP contribution is -2.36. The lowest BCUT2D eigenvalue weighted by molar-refractivity contribution is -0.125. The quantitative estimate of drug-likeness (QED) is 0.422. The van der Waals surface area contributed by atoms with Gasteiger partial charge in [0.25, 0.3) is 0 Å². The summed E-state index contributed by atoms with van der Waals surface area (Å²) in [7, 11) is 1.58. The molecule has 1 saturated heterocycles. The molecule has 0 aromatic heterocycles. The van der Waals surface area contributed by atoms with Crippen molar-refractivity contribution in [1.29, 1.82) is 0 Å². The summed E-state index contributed by atoms with van der Waals surface area (Å²) >= 11 is 12.1. The number of nitrogens with one attached hydrogen (secondary N) is 2. The molecule has 2 amide bonds. The van der Waals surface area contributed by atoms with E-state index in [2.05, 4.69) is 10.9 Å². The number of carbonyl (C=O) groups is 2. The van der Waals surface area contributed by atoms with Gasteiger partial charge in [0.2, 0.25) is 11.8 Å². The predicted octanol–water partition coefficient (Wildman–Crippen LogP) is 5.08. The first kappa shape index (κ1) is 23.7. The largest absolute Gasteiger partial charge is 0.497 e. The Morgan fingerprint density at radius 2 is 1.74 bits per heavy atom. The molecule has 3 aromatic carbocycles. The Kier molecular flexibility index (Phi) is 7.45. The van der Waals surface area contributed by atoms with Gasteiger partial charge in [0, 0.05) is 34.3 Å². The number of methoxy groups -OCH3 is 1. The monoisotopic (exact) mass is 499 g/mol. The molecule has 1 aliphatic heterocycles. The number of ether oxygens (including phenoxy) is 2. The predicted molar refractivity (Wildman–Crippen MR) is 132 cm³/mol. The van der Waals surface area contributed by atoms with E-state index in [-0.39, 0.29) is 18.2 Å². The average Bonchev–Trinajstić information content (AvgIpc) is 3.24. The van der Waals surface area contributed by atoms with Crippen molar-refractivity contribution >= 4 is 46.4 Å². The van der Waals surface area contributed by atoms with Crippen molar-refractivity contribution in [2.75, 3.05) is 24.0 Å². The van der Waals surface area contributed by atoms with E-state index in [9.17, 15) is 9.59 Å². The highest BCUT2D eigenvalue weighted by Crippen LogP contribution is 2.27. The third kappa shape index (κ3) is 5.73. The molecule has 7 nitrogen and oxygen atoms in total. The minimum absolute atomic E-state index is 0.0902. The standard InChI is InChI=1S/C25H23Cl2N3O4/c1-33-21-10-6-20(7-11-21)30-14-17(12-24(30)31)25(32)29-28-19-4-8-22(9-5-19)34-15-16-2-3-18(26)13-23(16)27/h2-11,13,17,28H,12,14-15H2,1H3,(H,29,32)/t17-/m1/s1. The maximum atomic E-state index is 12.6. The van der Waals surface area contributed by atoms with E-state index in [4.69, 9.17) is 32.7 Å². The van der Waals surface area contributed by atoms with Crippen LogP contribution in [0.5, 0.6) is 11.5 Å². The van der Waals surface area contributed by atoms with Crippen LogP contribution in [0.1, 0.15) is 12.0 Å². The summed E-state index contributed by atoms with van der Waals surface area (Å²) in [6.07, 6.45) is 0.152. The first-order valence-corrected chi connectivity index (χ1v) is 11.4. The molecule has 3 aromatic rings. The van der Waals surface area contributed by atoms with Gasteiger partial charge in [-0.3, -0.25) is 20.4 Å². The topological polar surface area (TPSA) is 79.9 Å². The van der Waals surface area contributed by atoms with Gasteiger partial charge in [0.15, 0.2) is 0 Å². The Labute approximate surface area is 207 Å². The van der Waals surface area contributed by atoms with Crippen LogP contribution in [-0.4, -0.2) is 25.5 Å². The number of halogens is 2. The van der Waals surface area contributed by atoms with E-state index >= 15 is 0 Å². The Morgan fingerprint density at radius 3 is 2.41 bits per heavy atom. The molecule has 176 valence electrons. The normalized spacial score (nSPS) is 15.2. The molecule has 9 heteroatoms. The summed E-state index contributed by atoms with van der Waals surface area (Å²) < 4.78 is 10.9. The number of anilines is 2. The van der Waals surface area contributed by atoms with Crippen LogP contribution >= 0.6 is 23.2 Å². The zero-order valence-corrected chi connectivity index (χ0v) is 19.9. The zero-order valence-electron chi connectivity index (χ0n) is 18.4. The fourth-order valence-electron chi connectivity index (χ4n) is 3.57. The van der Waals surface area contributed by atoms with Crippen LogP contribution < -0.4 is 25.2 Å². The van der Waals surface area contributed by atoms with Gasteiger partial charge < -0.3 is 14.4 Å². The van der Waals surface area contributed by atoms with E-state index < -0.39 is 5.92 Å². The number of hydrogen-bond acceptors (Lipinski definition) is 5. The van der Waals surface area contributed by atoms with Gasteiger partial charge in [-0.15, -0.1) is 0 Å². The van der Waals surface area contributed by atoms with E-state index in [0.29, 0.717) is 40.4 Å². The van der Waals surface area contributed by atoms with E-state index in [1.54, 1.807) is 72.7 Å². The maximum Gasteiger partial charge on any atom is 0.243 e. The summed E-state index contributed by atoms with van der Waals surface area (Å²) in [5.74, 6) is 0.571. The number of nitrogens with zero attached hydrogens (tertiary/aromatic N) is 1. The SMILES string of the molecule is COc1ccc(N2C[C@H](C(=O)NNc3ccc(OCc4ccc(Cl)cc4Cl)cc3)CC2=O)cc1. The highest BCUT2D eigenvalue weighted by atomic mass is 35.5. The second-order valence-electron chi connectivity index (χ2n) is 7.77. The van der Waals surface area contributed by atoms with Gasteiger partial charge in [-0.05, 0) is 60.7 Å². The van der Waals surface area contributed by atoms with E-state index in [1.165, 1.54) is 0 Å². The van der Waals surface area contributed by atoms with Crippen molar-refractivity contribution in [3.8, 4) is 11.5 Å². The smallest absolute Gasteiger partial charge is 0.243 e.